The fourth-order valence-corrected chi connectivity index (χ4v) is 5.66. The summed E-state index contributed by atoms with van der Waals surface area (Å²) in [5.74, 6) is 0.939. The molecule has 0 saturated carbocycles. The third kappa shape index (κ3) is 12.0. The first-order valence-electron chi connectivity index (χ1n) is 13.6. The summed E-state index contributed by atoms with van der Waals surface area (Å²) in [6.07, 6.45) is 10.0. The van der Waals surface area contributed by atoms with Crippen LogP contribution in [0.5, 0.6) is 0 Å². The number of hydrogen-bond acceptors (Lipinski definition) is 6. The fourth-order valence-electron chi connectivity index (χ4n) is 4.56. The van der Waals surface area contributed by atoms with Gasteiger partial charge in [0.15, 0.2) is 0 Å². The number of thioether (sulfide) groups is 1. The molecule has 1 aromatic rings. The molecule has 0 aliphatic rings. The molecular weight excluding hydrogens is 470 g/mol. The quantitative estimate of drug-likeness (QED) is 0.138. The molecule has 1 unspecified atom stereocenters. The van der Waals surface area contributed by atoms with Gasteiger partial charge in [0, 0.05) is 42.6 Å². The Bertz CT molecular complexity index is 777. The summed E-state index contributed by atoms with van der Waals surface area (Å²) < 4.78 is 0. The predicted molar refractivity (Wildman–Crippen MR) is 152 cm³/mol. The molecule has 1 amide bonds. The van der Waals surface area contributed by atoms with Gasteiger partial charge in [-0.05, 0) is 77.9 Å². The number of rotatable bonds is 20. The summed E-state index contributed by atoms with van der Waals surface area (Å²) in [4.78, 5) is 40.6. The standard InChI is InChI=1S/C29H49N3O3S/c1-23(2)32(24(3)4)18-11-9-7-8-10-12-19-36-28-15-13-14-25(21-33)27(28)20-31(6)26(22-34)16-17-29(35)30-5/h13-15,21-24,26H,7-12,16-20H2,1-6H3,(H,30,35). The molecule has 0 aliphatic heterocycles. The summed E-state index contributed by atoms with van der Waals surface area (Å²) in [7, 11) is 3.47. The second-order valence-electron chi connectivity index (χ2n) is 10.2. The van der Waals surface area contributed by atoms with Crippen molar-refractivity contribution < 1.29 is 14.4 Å². The Morgan fingerprint density at radius 3 is 2.22 bits per heavy atom. The molecule has 0 radical (unpaired) electrons. The van der Waals surface area contributed by atoms with Crippen LogP contribution in [0.2, 0.25) is 0 Å². The molecule has 0 spiro atoms. The number of nitrogens with zero attached hydrogens (tertiary/aromatic N) is 2. The summed E-state index contributed by atoms with van der Waals surface area (Å²) in [5, 5.41) is 2.60. The van der Waals surface area contributed by atoms with Crippen molar-refractivity contribution in [2.45, 2.75) is 109 Å². The van der Waals surface area contributed by atoms with E-state index in [1.807, 2.05) is 24.1 Å². The van der Waals surface area contributed by atoms with Crippen LogP contribution in [-0.2, 0) is 16.1 Å². The summed E-state index contributed by atoms with van der Waals surface area (Å²) in [6.45, 7) is 10.8. The average Bonchev–Trinajstić information content (AvgIpc) is 2.85. The van der Waals surface area contributed by atoms with E-state index in [0.717, 1.165) is 35.2 Å². The smallest absolute Gasteiger partial charge is 0.219 e. The van der Waals surface area contributed by atoms with Crippen LogP contribution < -0.4 is 5.32 Å². The van der Waals surface area contributed by atoms with Crippen LogP contribution in [0.3, 0.4) is 0 Å². The van der Waals surface area contributed by atoms with Gasteiger partial charge in [-0.1, -0.05) is 37.8 Å². The van der Waals surface area contributed by atoms with Crippen molar-refractivity contribution in [2.75, 3.05) is 26.4 Å². The second kappa shape index (κ2) is 18.5. The van der Waals surface area contributed by atoms with Crippen molar-refractivity contribution in [3.05, 3.63) is 29.3 Å². The van der Waals surface area contributed by atoms with Crippen LogP contribution >= 0.6 is 11.8 Å². The topological polar surface area (TPSA) is 69.7 Å². The number of aldehydes is 2. The second-order valence-corrected chi connectivity index (χ2v) is 11.3. The highest BCUT2D eigenvalue weighted by Crippen LogP contribution is 2.28. The fraction of sp³-hybridized carbons (Fsp3) is 0.690. The van der Waals surface area contributed by atoms with Crippen LogP contribution in [-0.4, -0.2) is 72.8 Å². The summed E-state index contributed by atoms with van der Waals surface area (Å²) in [6, 6.07) is 6.67. The van der Waals surface area contributed by atoms with Gasteiger partial charge in [-0.3, -0.25) is 19.4 Å². The van der Waals surface area contributed by atoms with E-state index in [1.54, 1.807) is 18.8 Å². The molecule has 204 valence electrons. The lowest BCUT2D eigenvalue weighted by atomic mass is 10.1. The molecule has 6 nitrogen and oxygen atoms in total. The molecule has 0 heterocycles. The molecule has 0 saturated heterocycles. The Kier molecular flexibility index (Phi) is 16.6. The van der Waals surface area contributed by atoms with Crippen LogP contribution in [0.4, 0.5) is 0 Å². The number of unbranched alkanes of at least 4 members (excludes halogenated alkanes) is 5. The van der Waals surface area contributed by atoms with Crippen molar-refractivity contribution in [3.8, 4) is 0 Å². The molecule has 0 fully saturated rings. The van der Waals surface area contributed by atoms with E-state index in [4.69, 9.17) is 0 Å². The van der Waals surface area contributed by atoms with Gasteiger partial charge in [0.2, 0.25) is 5.91 Å². The zero-order valence-corrected chi connectivity index (χ0v) is 24.2. The van der Waals surface area contributed by atoms with Gasteiger partial charge in [-0.25, -0.2) is 0 Å². The van der Waals surface area contributed by atoms with Gasteiger partial charge >= 0.3 is 0 Å². The summed E-state index contributed by atoms with van der Waals surface area (Å²) in [5.41, 5.74) is 1.63. The predicted octanol–water partition coefficient (Wildman–Crippen LogP) is 5.58. The Labute approximate surface area is 224 Å². The first kappa shape index (κ1) is 32.3. The minimum atomic E-state index is -0.368. The number of carbonyl (C=O) groups is 3. The molecule has 1 rings (SSSR count). The highest BCUT2D eigenvalue weighted by atomic mass is 32.2. The van der Waals surface area contributed by atoms with Gasteiger partial charge in [0.05, 0.1) is 6.04 Å². The Balaban J connectivity index is 2.49. The SMILES string of the molecule is CNC(=O)CCC(C=O)N(C)Cc1c(C=O)cccc1SCCCCCCCCN(C(C)C)C(C)C. The van der Waals surface area contributed by atoms with Crippen LogP contribution in [0.25, 0.3) is 0 Å². The molecule has 0 bridgehead atoms. The van der Waals surface area contributed by atoms with Gasteiger partial charge in [0.1, 0.15) is 12.6 Å². The van der Waals surface area contributed by atoms with Crippen LogP contribution in [0.15, 0.2) is 23.1 Å². The van der Waals surface area contributed by atoms with E-state index in [0.29, 0.717) is 37.0 Å². The van der Waals surface area contributed by atoms with Crippen molar-refractivity contribution in [1.82, 2.24) is 15.1 Å². The van der Waals surface area contributed by atoms with E-state index in [-0.39, 0.29) is 11.9 Å². The lowest BCUT2D eigenvalue weighted by Gasteiger charge is -2.30. The molecule has 1 aromatic carbocycles. The number of benzene rings is 1. The first-order chi connectivity index (χ1) is 17.2. The normalized spacial score (nSPS) is 12.5. The van der Waals surface area contributed by atoms with Crippen LogP contribution in [0.1, 0.15) is 95.0 Å². The molecule has 7 heteroatoms. The maximum Gasteiger partial charge on any atom is 0.219 e. The summed E-state index contributed by atoms with van der Waals surface area (Å²) >= 11 is 1.79. The molecule has 36 heavy (non-hydrogen) atoms. The number of nitrogens with one attached hydrogen (secondary N) is 1. The molecule has 1 N–H and O–H groups in total. The lowest BCUT2D eigenvalue weighted by Crippen LogP contribution is -2.37. The lowest BCUT2D eigenvalue weighted by molar-refractivity contribution is -0.121. The molecular formula is C29H49N3O3S. The monoisotopic (exact) mass is 519 g/mol. The van der Waals surface area contributed by atoms with Gasteiger partial charge in [-0.15, -0.1) is 11.8 Å². The molecule has 0 aliphatic carbocycles. The highest BCUT2D eigenvalue weighted by Gasteiger charge is 2.19. The van der Waals surface area contributed by atoms with E-state index in [2.05, 4.69) is 44.0 Å². The van der Waals surface area contributed by atoms with Gasteiger partial charge in [-0.2, -0.15) is 0 Å². The molecule has 0 aromatic heterocycles. The van der Waals surface area contributed by atoms with Crippen molar-refractivity contribution >= 4 is 30.2 Å². The van der Waals surface area contributed by atoms with Gasteiger partial charge < -0.3 is 10.1 Å². The Morgan fingerprint density at radius 2 is 1.64 bits per heavy atom. The van der Waals surface area contributed by atoms with Gasteiger partial charge in [0.25, 0.3) is 0 Å². The zero-order chi connectivity index (χ0) is 26.9. The highest BCUT2D eigenvalue weighted by molar-refractivity contribution is 7.99. The largest absolute Gasteiger partial charge is 0.359 e. The van der Waals surface area contributed by atoms with E-state index >= 15 is 0 Å². The maximum atomic E-state index is 11.7. The third-order valence-corrected chi connectivity index (χ3v) is 7.95. The number of amides is 1. The Morgan fingerprint density at radius 1 is 1.00 bits per heavy atom. The Hall–Kier alpha value is -1.70. The average molecular weight is 520 g/mol. The van der Waals surface area contributed by atoms with Crippen molar-refractivity contribution in [2.24, 2.45) is 0 Å². The zero-order valence-electron chi connectivity index (χ0n) is 23.4. The van der Waals surface area contributed by atoms with E-state index in [9.17, 15) is 14.4 Å². The van der Waals surface area contributed by atoms with Crippen molar-refractivity contribution in [1.29, 1.82) is 0 Å². The van der Waals surface area contributed by atoms with Crippen molar-refractivity contribution in [3.63, 3.8) is 0 Å². The minimum Gasteiger partial charge on any atom is -0.359 e. The minimum absolute atomic E-state index is 0.0760. The first-order valence-corrected chi connectivity index (χ1v) is 14.5. The van der Waals surface area contributed by atoms with E-state index in [1.165, 1.54) is 38.6 Å². The number of hydrogen-bond donors (Lipinski definition) is 1. The van der Waals surface area contributed by atoms with Crippen LogP contribution in [0, 0.1) is 0 Å². The maximum absolute atomic E-state index is 11.7. The third-order valence-electron chi connectivity index (χ3n) is 6.77. The number of carbonyl (C=O) groups excluding carboxylic acids is 3. The number of likely N-dealkylation sites (N-methyl/N-ethyl adjacent to an activating group) is 1. The molecule has 1 atom stereocenters. The van der Waals surface area contributed by atoms with E-state index < -0.39 is 0 Å².